The zero-order valence-corrected chi connectivity index (χ0v) is 16.6. The van der Waals surface area contributed by atoms with Crippen molar-refractivity contribution in [1.29, 1.82) is 0 Å². The van der Waals surface area contributed by atoms with Crippen LogP contribution in [0.2, 0.25) is 5.02 Å². The Balaban J connectivity index is 2.12. The van der Waals surface area contributed by atoms with Gasteiger partial charge in [0.2, 0.25) is 5.91 Å². The van der Waals surface area contributed by atoms with Gasteiger partial charge in [0.15, 0.2) is 6.61 Å². The van der Waals surface area contributed by atoms with Crippen LogP contribution >= 0.6 is 11.6 Å². The minimum atomic E-state index is -0.630. The average molecular weight is 389 g/mol. The van der Waals surface area contributed by atoms with Gasteiger partial charge in [-0.1, -0.05) is 41.9 Å². The number of nitrogens with zero attached hydrogens (tertiary/aromatic N) is 1. The standard InChI is InChI=1S/C21H25ClN2O3/c1-15(2)23-21(26)16(3)24(13-17-9-11-18(22)12-10-17)20(25)14-27-19-7-5-4-6-8-19/h4-12,15-16H,13-14H2,1-3H3,(H,23,26)/t16-/m1/s1. The molecule has 1 N–H and O–H groups in total. The summed E-state index contributed by atoms with van der Waals surface area (Å²) >= 11 is 5.93. The molecule has 0 aromatic heterocycles. The topological polar surface area (TPSA) is 58.6 Å². The van der Waals surface area contributed by atoms with Crippen LogP contribution < -0.4 is 10.1 Å². The number of ether oxygens (including phenoxy) is 1. The second kappa shape index (κ2) is 9.97. The molecular weight excluding hydrogens is 364 g/mol. The predicted octanol–water partition coefficient (Wildman–Crippen LogP) is 3.66. The molecule has 0 aliphatic carbocycles. The fourth-order valence-electron chi connectivity index (χ4n) is 2.52. The first-order valence-electron chi connectivity index (χ1n) is 8.89. The van der Waals surface area contributed by atoms with Gasteiger partial charge in [-0.25, -0.2) is 0 Å². The number of halogens is 1. The molecule has 144 valence electrons. The maximum Gasteiger partial charge on any atom is 0.261 e. The highest BCUT2D eigenvalue weighted by Crippen LogP contribution is 2.15. The van der Waals surface area contributed by atoms with Gasteiger partial charge in [-0.15, -0.1) is 0 Å². The fourth-order valence-corrected chi connectivity index (χ4v) is 2.64. The fraction of sp³-hybridized carbons (Fsp3) is 0.333. The molecule has 0 bridgehead atoms. The summed E-state index contributed by atoms with van der Waals surface area (Å²) in [5.74, 6) is 0.142. The average Bonchev–Trinajstić information content (AvgIpc) is 2.65. The highest BCUT2D eigenvalue weighted by Gasteiger charge is 2.26. The molecule has 2 aromatic carbocycles. The van der Waals surface area contributed by atoms with Gasteiger partial charge < -0.3 is 15.0 Å². The Labute approximate surface area is 165 Å². The van der Waals surface area contributed by atoms with E-state index in [9.17, 15) is 9.59 Å². The van der Waals surface area contributed by atoms with E-state index >= 15 is 0 Å². The SMILES string of the molecule is CC(C)NC(=O)[C@@H](C)N(Cc1ccc(Cl)cc1)C(=O)COc1ccccc1. The zero-order chi connectivity index (χ0) is 19.8. The van der Waals surface area contributed by atoms with Crippen molar-refractivity contribution in [3.8, 4) is 5.75 Å². The van der Waals surface area contributed by atoms with Gasteiger partial charge in [0.25, 0.3) is 5.91 Å². The lowest BCUT2D eigenvalue weighted by Crippen LogP contribution is -2.50. The van der Waals surface area contributed by atoms with E-state index in [1.165, 1.54) is 4.90 Å². The molecule has 5 nitrogen and oxygen atoms in total. The van der Waals surface area contributed by atoms with E-state index in [1.54, 1.807) is 31.2 Å². The minimum absolute atomic E-state index is 0.00648. The maximum atomic E-state index is 12.8. The molecule has 0 spiro atoms. The number of carbonyl (C=O) groups is 2. The lowest BCUT2D eigenvalue weighted by Gasteiger charge is -2.29. The Kier molecular flexibility index (Phi) is 7.67. The van der Waals surface area contributed by atoms with Crippen LogP contribution in [0.4, 0.5) is 0 Å². The largest absolute Gasteiger partial charge is 0.484 e. The lowest BCUT2D eigenvalue weighted by molar-refractivity contribution is -0.142. The molecule has 0 aliphatic heterocycles. The van der Waals surface area contributed by atoms with Crippen LogP contribution in [-0.4, -0.2) is 35.4 Å². The normalized spacial score (nSPS) is 11.7. The Bertz CT molecular complexity index is 748. The van der Waals surface area contributed by atoms with Crippen LogP contribution in [0, 0.1) is 0 Å². The van der Waals surface area contributed by atoms with E-state index in [0.717, 1.165) is 5.56 Å². The van der Waals surface area contributed by atoms with Gasteiger partial charge in [-0.2, -0.15) is 0 Å². The third kappa shape index (κ3) is 6.61. The zero-order valence-electron chi connectivity index (χ0n) is 15.8. The summed E-state index contributed by atoms with van der Waals surface area (Å²) in [6.07, 6.45) is 0. The van der Waals surface area contributed by atoms with Gasteiger partial charge in [0, 0.05) is 17.6 Å². The number of benzene rings is 2. The Morgan fingerprint density at radius 2 is 1.67 bits per heavy atom. The summed E-state index contributed by atoms with van der Waals surface area (Å²) in [5.41, 5.74) is 0.886. The summed E-state index contributed by atoms with van der Waals surface area (Å²) in [6, 6.07) is 15.7. The van der Waals surface area contributed by atoms with E-state index in [4.69, 9.17) is 16.3 Å². The van der Waals surface area contributed by atoms with E-state index in [1.807, 2.05) is 44.2 Å². The van der Waals surface area contributed by atoms with Crippen LogP contribution in [0.5, 0.6) is 5.75 Å². The number of nitrogens with one attached hydrogen (secondary N) is 1. The number of hydrogen-bond acceptors (Lipinski definition) is 3. The first-order chi connectivity index (χ1) is 12.9. The van der Waals surface area contributed by atoms with E-state index in [2.05, 4.69) is 5.32 Å². The van der Waals surface area contributed by atoms with Crippen molar-refractivity contribution in [3.05, 3.63) is 65.2 Å². The summed E-state index contributed by atoms with van der Waals surface area (Å²) < 4.78 is 5.57. The quantitative estimate of drug-likeness (QED) is 0.750. The van der Waals surface area contributed by atoms with Gasteiger partial charge in [0.1, 0.15) is 11.8 Å². The smallest absolute Gasteiger partial charge is 0.261 e. The van der Waals surface area contributed by atoms with Crippen molar-refractivity contribution < 1.29 is 14.3 Å². The van der Waals surface area contributed by atoms with Crippen LogP contribution in [0.1, 0.15) is 26.3 Å². The third-order valence-corrected chi connectivity index (χ3v) is 4.22. The number of rotatable bonds is 8. The molecule has 0 saturated heterocycles. The van der Waals surface area contributed by atoms with Crippen LogP contribution in [-0.2, 0) is 16.1 Å². The predicted molar refractivity (Wildman–Crippen MR) is 107 cm³/mol. The van der Waals surface area contributed by atoms with E-state index in [0.29, 0.717) is 17.3 Å². The van der Waals surface area contributed by atoms with Crippen molar-refractivity contribution in [2.45, 2.75) is 39.4 Å². The molecule has 0 fully saturated rings. The molecule has 2 amide bonds. The second-order valence-electron chi connectivity index (χ2n) is 6.59. The molecule has 6 heteroatoms. The summed E-state index contributed by atoms with van der Waals surface area (Å²) in [4.78, 5) is 26.8. The second-order valence-corrected chi connectivity index (χ2v) is 7.03. The molecule has 0 radical (unpaired) electrons. The first kappa shape index (κ1) is 20.8. The molecule has 1 atom stereocenters. The van der Waals surface area contributed by atoms with Gasteiger partial charge in [0.05, 0.1) is 0 Å². The molecule has 0 unspecified atom stereocenters. The minimum Gasteiger partial charge on any atom is -0.484 e. The molecule has 27 heavy (non-hydrogen) atoms. The molecular formula is C21H25ClN2O3. The molecule has 2 aromatic rings. The van der Waals surface area contributed by atoms with Crippen LogP contribution in [0.15, 0.2) is 54.6 Å². The Hall–Kier alpha value is -2.53. The Morgan fingerprint density at radius 3 is 2.26 bits per heavy atom. The lowest BCUT2D eigenvalue weighted by atomic mass is 10.1. The highest BCUT2D eigenvalue weighted by molar-refractivity contribution is 6.30. The van der Waals surface area contributed by atoms with E-state index < -0.39 is 6.04 Å². The van der Waals surface area contributed by atoms with Crippen molar-refractivity contribution in [1.82, 2.24) is 10.2 Å². The number of carbonyl (C=O) groups excluding carboxylic acids is 2. The molecule has 0 heterocycles. The van der Waals surface area contributed by atoms with Crippen molar-refractivity contribution in [3.63, 3.8) is 0 Å². The number of hydrogen-bond donors (Lipinski definition) is 1. The van der Waals surface area contributed by atoms with Crippen LogP contribution in [0.3, 0.4) is 0 Å². The summed E-state index contributed by atoms with van der Waals surface area (Å²) in [6.45, 7) is 5.63. The van der Waals surface area contributed by atoms with Crippen molar-refractivity contribution in [2.24, 2.45) is 0 Å². The van der Waals surface area contributed by atoms with E-state index in [-0.39, 0.29) is 24.5 Å². The Morgan fingerprint density at radius 1 is 1.04 bits per heavy atom. The summed E-state index contributed by atoms with van der Waals surface area (Å²) in [5, 5.41) is 3.47. The van der Waals surface area contributed by atoms with Crippen molar-refractivity contribution >= 4 is 23.4 Å². The summed E-state index contributed by atoms with van der Waals surface area (Å²) in [7, 11) is 0. The van der Waals surface area contributed by atoms with Gasteiger partial charge in [-0.05, 0) is 50.6 Å². The first-order valence-corrected chi connectivity index (χ1v) is 9.26. The number of amides is 2. The van der Waals surface area contributed by atoms with Gasteiger partial charge >= 0.3 is 0 Å². The van der Waals surface area contributed by atoms with Crippen LogP contribution in [0.25, 0.3) is 0 Å². The van der Waals surface area contributed by atoms with Gasteiger partial charge in [-0.3, -0.25) is 9.59 Å². The number of para-hydroxylation sites is 1. The molecule has 0 aliphatic rings. The monoisotopic (exact) mass is 388 g/mol. The molecule has 2 rings (SSSR count). The van der Waals surface area contributed by atoms with Crippen molar-refractivity contribution in [2.75, 3.05) is 6.61 Å². The molecule has 0 saturated carbocycles. The third-order valence-electron chi connectivity index (χ3n) is 3.97. The highest BCUT2D eigenvalue weighted by atomic mass is 35.5. The maximum absolute atomic E-state index is 12.8.